The minimum atomic E-state index is -0.450. The molecule has 0 amide bonds. The minimum Gasteiger partial charge on any atom is -0.494 e. The number of hydrogen-bond donors (Lipinski definition) is 4. The van der Waals surface area contributed by atoms with Crippen molar-refractivity contribution < 1.29 is 23.8 Å². The smallest absolute Gasteiger partial charge is 0.343 e. The molecule has 306 valence electrons. The van der Waals surface area contributed by atoms with E-state index in [1.54, 1.807) is 36.4 Å². The first-order valence-corrected chi connectivity index (χ1v) is 20.0. The fourth-order valence-corrected chi connectivity index (χ4v) is 6.68. The average Bonchev–Trinajstić information content (AvgIpc) is 3.28. The predicted octanol–water partition coefficient (Wildman–Crippen LogP) is 11.2. The SMILES string of the molecule is C=CC(=O)OCCCCCCOc1ccc(C(=O)Oc2ccc(C3Nc4cccc5c(N=Nc6ccc(NCNc7ccc(N(C)C)cc7)cc6)ccc(c45)N3)cc2)cc1. The highest BCUT2D eigenvalue weighted by molar-refractivity contribution is 6.09. The Morgan fingerprint density at radius 1 is 0.717 bits per heavy atom. The summed E-state index contributed by atoms with van der Waals surface area (Å²) in [6.07, 6.45) is 4.54. The molecule has 0 radical (unpaired) electrons. The van der Waals surface area contributed by atoms with Crippen LogP contribution < -0.4 is 35.6 Å². The molecule has 6 aromatic carbocycles. The molecule has 1 aliphatic rings. The molecule has 60 heavy (non-hydrogen) atoms. The van der Waals surface area contributed by atoms with Crippen LogP contribution in [0.1, 0.15) is 47.8 Å². The molecule has 0 bridgehead atoms. The topological polar surface area (TPSA) is 138 Å². The lowest BCUT2D eigenvalue weighted by Gasteiger charge is -2.30. The number of ether oxygens (including phenoxy) is 3. The van der Waals surface area contributed by atoms with Gasteiger partial charge in [-0.05, 0) is 134 Å². The van der Waals surface area contributed by atoms with Crippen molar-refractivity contribution in [3.05, 3.63) is 151 Å². The molecule has 12 nitrogen and oxygen atoms in total. The Kier molecular flexibility index (Phi) is 13.5. The van der Waals surface area contributed by atoms with Gasteiger partial charge in [0.25, 0.3) is 0 Å². The number of anilines is 5. The van der Waals surface area contributed by atoms with Crippen LogP contribution >= 0.6 is 0 Å². The Morgan fingerprint density at radius 3 is 2.05 bits per heavy atom. The summed E-state index contributed by atoms with van der Waals surface area (Å²) in [4.78, 5) is 26.1. The molecular weight excluding hydrogens is 755 g/mol. The van der Waals surface area contributed by atoms with Crippen molar-refractivity contribution in [3.8, 4) is 11.5 Å². The quantitative estimate of drug-likeness (QED) is 0.0156. The van der Waals surface area contributed by atoms with Gasteiger partial charge in [0.1, 0.15) is 17.7 Å². The maximum Gasteiger partial charge on any atom is 0.343 e. The molecule has 0 fully saturated rings. The van der Waals surface area contributed by atoms with Gasteiger partial charge in [0.2, 0.25) is 0 Å². The number of hydrogen-bond acceptors (Lipinski definition) is 12. The van der Waals surface area contributed by atoms with Crippen molar-refractivity contribution in [2.45, 2.75) is 31.8 Å². The molecule has 0 saturated carbocycles. The number of nitrogens with one attached hydrogen (secondary N) is 4. The van der Waals surface area contributed by atoms with Crippen LogP contribution in [0.2, 0.25) is 0 Å². The van der Waals surface area contributed by atoms with Gasteiger partial charge >= 0.3 is 11.9 Å². The molecule has 0 spiro atoms. The van der Waals surface area contributed by atoms with E-state index >= 15 is 0 Å². The third kappa shape index (κ3) is 10.8. The van der Waals surface area contributed by atoms with Crippen LogP contribution in [0.4, 0.5) is 39.8 Å². The summed E-state index contributed by atoms with van der Waals surface area (Å²) in [6.45, 7) is 4.93. The fourth-order valence-electron chi connectivity index (χ4n) is 6.68. The Hall–Kier alpha value is -7.34. The van der Waals surface area contributed by atoms with E-state index in [1.807, 2.05) is 68.7 Å². The van der Waals surface area contributed by atoms with Crippen molar-refractivity contribution in [1.82, 2.24) is 0 Å². The van der Waals surface area contributed by atoms with Crippen LogP contribution in [0.25, 0.3) is 10.8 Å². The molecule has 4 N–H and O–H groups in total. The van der Waals surface area contributed by atoms with Crippen LogP contribution in [0.3, 0.4) is 0 Å². The van der Waals surface area contributed by atoms with E-state index in [4.69, 9.17) is 14.2 Å². The molecule has 1 aliphatic heterocycles. The Balaban J connectivity index is 0.881. The monoisotopic (exact) mass is 803 g/mol. The van der Waals surface area contributed by atoms with Crippen molar-refractivity contribution in [2.75, 3.05) is 60.1 Å². The summed E-state index contributed by atoms with van der Waals surface area (Å²) in [6, 6.07) is 40.7. The van der Waals surface area contributed by atoms with Gasteiger partial charge < -0.3 is 40.4 Å². The molecule has 1 unspecified atom stereocenters. The highest BCUT2D eigenvalue weighted by atomic mass is 16.5. The van der Waals surface area contributed by atoms with Gasteiger partial charge in [-0.1, -0.05) is 30.8 Å². The molecule has 0 aliphatic carbocycles. The first-order chi connectivity index (χ1) is 29.3. The van der Waals surface area contributed by atoms with Crippen molar-refractivity contribution >= 4 is 62.5 Å². The van der Waals surface area contributed by atoms with Crippen LogP contribution in [-0.2, 0) is 9.53 Å². The molecular formula is C48H49N7O5. The molecule has 0 saturated heterocycles. The fraction of sp³-hybridized carbons (Fsp3) is 0.208. The lowest BCUT2D eigenvalue weighted by Crippen LogP contribution is -2.23. The number of carbonyl (C=O) groups is 2. The van der Waals surface area contributed by atoms with Gasteiger partial charge in [0.05, 0.1) is 36.8 Å². The summed E-state index contributed by atoms with van der Waals surface area (Å²) in [5, 5.41) is 25.2. The lowest BCUT2D eigenvalue weighted by molar-refractivity contribution is -0.137. The van der Waals surface area contributed by atoms with E-state index in [2.05, 4.69) is 79.4 Å². The minimum absolute atomic E-state index is 0.208. The zero-order valence-corrected chi connectivity index (χ0v) is 33.8. The summed E-state index contributed by atoms with van der Waals surface area (Å²) >= 11 is 0. The van der Waals surface area contributed by atoms with Crippen LogP contribution in [0, 0.1) is 0 Å². The first kappa shape index (κ1) is 40.8. The highest BCUT2D eigenvalue weighted by Crippen LogP contribution is 2.42. The van der Waals surface area contributed by atoms with Gasteiger partial charge in [-0.2, -0.15) is 5.11 Å². The lowest BCUT2D eigenvalue weighted by atomic mass is 10.0. The molecule has 6 aromatic rings. The van der Waals surface area contributed by atoms with Crippen LogP contribution in [0.15, 0.2) is 150 Å². The normalized spacial score (nSPS) is 12.9. The van der Waals surface area contributed by atoms with Gasteiger partial charge in [-0.25, -0.2) is 9.59 Å². The van der Waals surface area contributed by atoms with E-state index < -0.39 is 11.9 Å². The third-order valence-electron chi connectivity index (χ3n) is 9.96. The molecule has 0 aromatic heterocycles. The van der Waals surface area contributed by atoms with Crippen molar-refractivity contribution in [2.24, 2.45) is 10.2 Å². The van der Waals surface area contributed by atoms with Gasteiger partial charge in [-0.15, -0.1) is 5.11 Å². The number of azo groups is 1. The number of esters is 2. The average molecular weight is 804 g/mol. The second-order valence-electron chi connectivity index (χ2n) is 14.4. The van der Waals surface area contributed by atoms with Crippen LogP contribution in [-0.4, -0.2) is 45.9 Å². The van der Waals surface area contributed by atoms with Gasteiger partial charge in [0, 0.05) is 59.4 Å². The number of benzene rings is 6. The van der Waals surface area contributed by atoms with Crippen molar-refractivity contribution in [3.63, 3.8) is 0 Å². The zero-order valence-electron chi connectivity index (χ0n) is 33.8. The predicted molar refractivity (Wildman–Crippen MR) is 240 cm³/mol. The number of nitrogens with zero attached hydrogens (tertiary/aromatic N) is 3. The summed E-state index contributed by atoms with van der Waals surface area (Å²) in [7, 11) is 4.06. The summed E-state index contributed by atoms with van der Waals surface area (Å²) < 4.78 is 16.5. The first-order valence-electron chi connectivity index (χ1n) is 20.0. The van der Waals surface area contributed by atoms with E-state index in [0.29, 0.717) is 36.9 Å². The Bertz CT molecular complexity index is 2410. The highest BCUT2D eigenvalue weighted by Gasteiger charge is 2.22. The second kappa shape index (κ2) is 19.9. The third-order valence-corrected chi connectivity index (χ3v) is 9.96. The van der Waals surface area contributed by atoms with Crippen molar-refractivity contribution in [1.29, 1.82) is 0 Å². The largest absolute Gasteiger partial charge is 0.494 e. The van der Waals surface area contributed by atoms with Gasteiger partial charge in [-0.3, -0.25) is 0 Å². The van der Waals surface area contributed by atoms with E-state index in [1.165, 1.54) is 6.08 Å². The summed E-state index contributed by atoms with van der Waals surface area (Å²) in [5.41, 5.74) is 8.07. The summed E-state index contributed by atoms with van der Waals surface area (Å²) in [5.74, 6) is 0.286. The van der Waals surface area contributed by atoms with E-state index in [-0.39, 0.29) is 6.17 Å². The molecule has 1 heterocycles. The second-order valence-corrected chi connectivity index (χ2v) is 14.4. The van der Waals surface area contributed by atoms with E-state index in [9.17, 15) is 9.59 Å². The molecule has 1 atom stereocenters. The number of unbranched alkanes of at least 4 members (excludes halogenated alkanes) is 3. The maximum atomic E-state index is 12.9. The number of carbonyl (C=O) groups excluding carboxylic acids is 2. The molecule has 7 rings (SSSR count). The van der Waals surface area contributed by atoms with Crippen LogP contribution in [0.5, 0.6) is 11.5 Å². The standard InChI is InChI=1S/C48H49N7O5/c1-4-45(56)59-31-8-6-5-7-30-58-39-24-14-34(15-25-39)48(57)60-40-26-12-33(13-27-40)47-51-43-11-9-10-41-42(28-29-44(52-47)46(41)43)54-53-37-18-16-35(17-19-37)49-32-50-36-20-22-38(23-21-36)55(2)3/h4,9-29,47,49-52H,1,5-8,30-32H2,2-3H3. The van der Waals surface area contributed by atoms with Gasteiger partial charge in [0.15, 0.2) is 0 Å². The Labute approximate surface area is 350 Å². The zero-order chi connectivity index (χ0) is 41.7. The van der Waals surface area contributed by atoms with E-state index in [0.717, 1.165) is 81.8 Å². The Morgan fingerprint density at radius 2 is 1.37 bits per heavy atom. The number of rotatable bonds is 19. The molecule has 12 heteroatoms. The maximum absolute atomic E-state index is 12.9.